The van der Waals surface area contributed by atoms with Crippen LogP contribution in [0, 0.1) is 0 Å². The van der Waals surface area contributed by atoms with Gasteiger partial charge in [0, 0.05) is 44.4 Å². The number of aliphatic imine (C=N–C) groups is 1. The molecule has 0 saturated carbocycles. The third-order valence-electron chi connectivity index (χ3n) is 3.98. The molecular formula is C17H27ClN4O2. The monoisotopic (exact) mass is 354 g/mol. The summed E-state index contributed by atoms with van der Waals surface area (Å²) in [5.41, 5.74) is 1.04. The average Bonchev–Trinajstić information content (AvgIpc) is 3.06. The molecule has 0 aromatic heterocycles. The van der Waals surface area contributed by atoms with Gasteiger partial charge < -0.3 is 25.0 Å². The lowest BCUT2D eigenvalue weighted by molar-refractivity contribution is 0.152. The molecule has 0 aliphatic carbocycles. The van der Waals surface area contributed by atoms with Crippen LogP contribution in [0.25, 0.3) is 0 Å². The van der Waals surface area contributed by atoms with Crippen molar-refractivity contribution >= 4 is 23.2 Å². The summed E-state index contributed by atoms with van der Waals surface area (Å²) in [5, 5.41) is 7.45. The van der Waals surface area contributed by atoms with Gasteiger partial charge in [-0.3, -0.25) is 4.99 Å². The summed E-state index contributed by atoms with van der Waals surface area (Å²) >= 11 is 6.14. The fourth-order valence-corrected chi connectivity index (χ4v) is 2.95. The van der Waals surface area contributed by atoms with Gasteiger partial charge in [0.2, 0.25) is 0 Å². The van der Waals surface area contributed by atoms with Crippen molar-refractivity contribution < 1.29 is 9.47 Å². The fourth-order valence-electron chi connectivity index (χ4n) is 2.78. The second-order valence-corrected chi connectivity index (χ2v) is 6.02. The van der Waals surface area contributed by atoms with E-state index in [9.17, 15) is 0 Å². The quantitative estimate of drug-likeness (QED) is 0.446. The van der Waals surface area contributed by atoms with Gasteiger partial charge in [-0.25, -0.2) is 0 Å². The van der Waals surface area contributed by atoms with Crippen LogP contribution in [0.4, 0.5) is 5.69 Å². The smallest absolute Gasteiger partial charge is 0.191 e. The molecule has 1 heterocycles. The number of guanidine groups is 1. The molecule has 0 amide bonds. The van der Waals surface area contributed by atoms with E-state index in [1.165, 1.54) is 0 Å². The second-order valence-electron chi connectivity index (χ2n) is 5.59. The number of rotatable bonds is 7. The van der Waals surface area contributed by atoms with E-state index in [0.29, 0.717) is 12.6 Å². The van der Waals surface area contributed by atoms with Gasteiger partial charge in [0.25, 0.3) is 0 Å². The zero-order valence-electron chi connectivity index (χ0n) is 14.6. The molecule has 1 aromatic carbocycles. The predicted octanol–water partition coefficient (Wildman–Crippen LogP) is 2.13. The van der Waals surface area contributed by atoms with Crippen molar-refractivity contribution in [3.63, 3.8) is 0 Å². The molecule has 1 saturated heterocycles. The molecule has 2 N–H and O–H groups in total. The number of anilines is 1. The molecule has 134 valence electrons. The van der Waals surface area contributed by atoms with E-state index in [1.54, 1.807) is 14.2 Å². The third kappa shape index (κ3) is 5.18. The Labute approximate surface area is 149 Å². The molecule has 0 spiro atoms. The minimum Gasteiger partial charge on any atom is -0.495 e. The van der Waals surface area contributed by atoms with Crippen molar-refractivity contribution in [3.8, 4) is 5.75 Å². The van der Waals surface area contributed by atoms with Crippen molar-refractivity contribution in [1.29, 1.82) is 0 Å². The fraction of sp³-hybridized carbons (Fsp3) is 0.588. The topological polar surface area (TPSA) is 58.1 Å². The predicted molar refractivity (Wildman–Crippen MR) is 99.6 cm³/mol. The number of benzene rings is 1. The van der Waals surface area contributed by atoms with E-state index in [-0.39, 0.29) is 0 Å². The van der Waals surface area contributed by atoms with Gasteiger partial charge in [-0.05, 0) is 31.5 Å². The number of halogens is 1. The lowest BCUT2D eigenvalue weighted by atomic mass is 10.2. The summed E-state index contributed by atoms with van der Waals surface area (Å²) in [6.07, 6.45) is 1.03. The Morgan fingerprint density at radius 3 is 3.00 bits per heavy atom. The summed E-state index contributed by atoms with van der Waals surface area (Å²) in [5.74, 6) is 1.65. The summed E-state index contributed by atoms with van der Waals surface area (Å²) in [6.45, 7) is 5.96. The van der Waals surface area contributed by atoms with E-state index >= 15 is 0 Å². The lowest BCUT2D eigenvalue weighted by Gasteiger charge is -2.22. The Morgan fingerprint density at radius 2 is 2.29 bits per heavy atom. The largest absolute Gasteiger partial charge is 0.495 e. The van der Waals surface area contributed by atoms with Gasteiger partial charge in [-0.1, -0.05) is 11.6 Å². The standard InChI is InChI=1S/C17H27ClN4O2/c1-4-24-10-8-20-17(19-2)21-14-7-9-22(12-14)15-11-13(18)5-6-16(15)23-3/h5-6,11,14H,4,7-10,12H2,1-3H3,(H2,19,20,21). The van der Waals surface area contributed by atoms with Gasteiger partial charge in [0.05, 0.1) is 19.4 Å². The van der Waals surface area contributed by atoms with Crippen LogP contribution in [-0.4, -0.2) is 59.0 Å². The van der Waals surface area contributed by atoms with E-state index in [2.05, 4.69) is 20.5 Å². The Bertz CT molecular complexity index is 553. The number of methoxy groups -OCH3 is 1. The first-order valence-electron chi connectivity index (χ1n) is 8.31. The maximum Gasteiger partial charge on any atom is 0.191 e. The first kappa shape index (κ1) is 18.7. The Hall–Kier alpha value is -1.66. The highest BCUT2D eigenvalue weighted by Gasteiger charge is 2.25. The zero-order chi connectivity index (χ0) is 17.4. The van der Waals surface area contributed by atoms with Crippen molar-refractivity contribution in [1.82, 2.24) is 10.6 Å². The molecule has 2 rings (SSSR count). The zero-order valence-corrected chi connectivity index (χ0v) is 15.4. The van der Waals surface area contributed by atoms with Crippen LogP contribution in [-0.2, 0) is 4.74 Å². The van der Waals surface area contributed by atoms with Crippen LogP contribution in [0.15, 0.2) is 23.2 Å². The number of nitrogens with zero attached hydrogens (tertiary/aromatic N) is 2. The SMILES string of the molecule is CCOCCNC(=NC)NC1CCN(c2cc(Cl)ccc2OC)C1. The van der Waals surface area contributed by atoms with Crippen molar-refractivity contribution in [2.24, 2.45) is 4.99 Å². The second kappa shape index (κ2) is 9.59. The van der Waals surface area contributed by atoms with Gasteiger partial charge in [0.15, 0.2) is 5.96 Å². The van der Waals surface area contributed by atoms with Crippen LogP contribution in [0.3, 0.4) is 0 Å². The van der Waals surface area contributed by atoms with Gasteiger partial charge >= 0.3 is 0 Å². The molecule has 0 bridgehead atoms. The Kier molecular flexibility index (Phi) is 7.46. The number of hydrogen-bond donors (Lipinski definition) is 2. The van der Waals surface area contributed by atoms with Crippen LogP contribution < -0.4 is 20.3 Å². The number of ether oxygens (including phenoxy) is 2. The van der Waals surface area contributed by atoms with E-state index in [1.807, 2.05) is 25.1 Å². The highest BCUT2D eigenvalue weighted by molar-refractivity contribution is 6.30. The van der Waals surface area contributed by atoms with E-state index < -0.39 is 0 Å². The van der Waals surface area contributed by atoms with Crippen LogP contribution in [0.2, 0.25) is 5.02 Å². The first-order valence-corrected chi connectivity index (χ1v) is 8.69. The van der Waals surface area contributed by atoms with Crippen LogP contribution in [0.5, 0.6) is 5.75 Å². The Balaban J connectivity index is 1.89. The van der Waals surface area contributed by atoms with Gasteiger partial charge in [0.1, 0.15) is 5.75 Å². The third-order valence-corrected chi connectivity index (χ3v) is 4.21. The number of nitrogens with one attached hydrogen (secondary N) is 2. The summed E-state index contributed by atoms with van der Waals surface area (Å²) in [4.78, 5) is 6.56. The first-order chi connectivity index (χ1) is 11.7. The molecule has 6 nitrogen and oxygen atoms in total. The molecule has 7 heteroatoms. The molecule has 1 unspecified atom stereocenters. The molecular weight excluding hydrogens is 328 g/mol. The minimum absolute atomic E-state index is 0.326. The number of hydrogen-bond acceptors (Lipinski definition) is 4. The molecule has 1 aliphatic heterocycles. The summed E-state index contributed by atoms with van der Waals surface area (Å²) in [7, 11) is 3.46. The molecule has 24 heavy (non-hydrogen) atoms. The van der Waals surface area contributed by atoms with E-state index in [0.717, 1.165) is 55.1 Å². The minimum atomic E-state index is 0.326. The maximum absolute atomic E-state index is 6.14. The average molecular weight is 355 g/mol. The van der Waals surface area contributed by atoms with Crippen molar-refractivity contribution in [2.75, 3.05) is 51.9 Å². The molecule has 1 fully saturated rings. The Morgan fingerprint density at radius 1 is 1.46 bits per heavy atom. The highest BCUT2D eigenvalue weighted by Crippen LogP contribution is 2.33. The van der Waals surface area contributed by atoms with Crippen molar-refractivity contribution in [3.05, 3.63) is 23.2 Å². The maximum atomic E-state index is 6.14. The van der Waals surface area contributed by atoms with Crippen molar-refractivity contribution in [2.45, 2.75) is 19.4 Å². The highest BCUT2D eigenvalue weighted by atomic mass is 35.5. The summed E-state index contributed by atoms with van der Waals surface area (Å²) < 4.78 is 10.8. The van der Waals surface area contributed by atoms with Crippen LogP contribution in [0.1, 0.15) is 13.3 Å². The van der Waals surface area contributed by atoms with E-state index in [4.69, 9.17) is 21.1 Å². The molecule has 1 aliphatic rings. The molecule has 1 aromatic rings. The molecule has 1 atom stereocenters. The normalized spacial score (nSPS) is 17.9. The van der Waals surface area contributed by atoms with Gasteiger partial charge in [-0.2, -0.15) is 0 Å². The van der Waals surface area contributed by atoms with Crippen LogP contribution >= 0.6 is 11.6 Å². The molecule has 0 radical (unpaired) electrons. The lowest BCUT2D eigenvalue weighted by Crippen LogP contribution is -2.45. The summed E-state index contributed by atoms with van der Waals surface area (Å²) in [6, 6.07) is 6.04. The van der Waals surface area contributed by atoms with Gasteiger partial charge in [-0.15, -0.1) is 0 Å².